The van der Waals surface area contributed by atoms with Crippen LogP contribution < -0.4 is 9.44 Å². The fourth-order valence-corrected chi connectivity index (χ4v) is 7.44. The number of carbonyl (C=O) groups is 1. The van der Waals surface area contributed by atoms with Crippen LogP contribution in [-0.2, 0) is 26.5 Å². The SMILES string of the molecule is CCc1oc2cc(S(=O)(=O)Nc3ccc(S(=O)(=O)Nc4ccccn4)cc3)ccc2c1C(=O)c1cc(Br)c(O)c(Br)c1. The van der Waals surface area contributed by atoms with Gasteiger partial charge in [-0.1, -0.05) is 13.0 Å². The van der Waals surface area contributed by atoms with Gasteiger partial charge in [0.1, 0.15) is 22.9 Å². The van der Waals surface area contributed by atoms with Crippen LogP contribution in [0.1, 0.15) is 28.6 Å². The Morgan fingerprint density at radius 1 is 0.881 bits per heavy atom. The normalized spacial score (nSPS) is 11.9. The molecule has 0 bridgehead atoms. The number of phenolic OH excluding ortho intramolecular Hbond substituents is 1. The first-order valence-corrected chi connectivity index (χ1v) is 16.8. The first kappa shape index (κ1) is 29.8. The molecule has 0 radical (unpaired) electrons. The van der Waals surface area contributed by atoms with E-state index in [1.54, 1.807) is 12.1 Å². The van der Waals surface area contributed by atoms with Crippen molar-refractivity contribution in [1.82, 2.24) is 4.98 Å². The first-order valence-electron chi connectivity index (χ1n) is 12.2. The molecule has 0 atom stereocenters. The molecule has 14 heteroatoms. The quantitative estimate of drug-likeness (QED) is 0.146. The standard InChI is InChI=1S/C28H21Br2N3O7S2/c1-2-23-26(27(34)16-13-21(29)28(35)22(30)14-16)20-11-10-19(15-24(20)40-23)42(38,39)32-17-6-8-18(9-7-17)41(36,37)33-25-5-3-4-12-31-25/h3-15,32,35H,2H2,1H3,(H,31,33). The zero-order chi connectivity index (χ0) is 30.2. The number of anilines is 2. The number of sulfonamides is 2. The van der Waals surface area contributed by atoms with Crippen molar-refractivity contribution in [3.63, 3.8) is 0 Å². The van der Waals surface area contributed by atoms with Crippen molar-refractivity contribution >= 4 is 80.2 Å². The van der Waals surface area contributed by atoms with Gasteiger partial charge in [-0.25, -0.2) is 21.8 Å². The number of hydrogen-bond acceptors (Lipinski definition) is 8. The molecule has 0 spiro atoms. The Balaban J connectivity index is 1.41. The number of halogens is 2. The number of ketones is 1. The Labute approximate surface area is 258 Å². The van der Waals surface area contributed by atoms with Crippen LogP contribution in [0.15, 0.2) is 102 Å². The van der Waals surface area contributed by atoms with Gasteiger partial charge >= 0.3 is 0 Å². The van der Waals surface area contributed by atoms with Gasteiger partial charge in [-0.3, -0.25) is 14.2 Å². The van der Waals surface area contributed by atoms with Crippen LogP contribution in [0.25, 0.3) is 11.0 Å². The number of nitrogens with one attached hydrogen (secondary N) is 2. The molecule has 3 N–H and O–H groups in total. The van der Waals surface area contributed by atoms with E-state index in [1.807, 2.05) is 6.92 Å². The molecule has 0 aliphatic rings. The molecule has 2 aromatic heterocycles. The maximum absolute atomic E-state index is 13.5. The van der Waals surface area contributed by atoms with Crippen molar-refractivity contribution in [2.75, 3.05) is 9.44 Å². The highest BCUT2D eigenvalue weighted by molar-refractivity contribution is 9.11. The van der Waals surface area contributed by atoms with Gasteiger partial charge in [0.15, 0.2) is 5.78 Å². The third kappa shape index (κ3) is 5.93. The highest BCUT2D eigenvalue weighted by Gasteiger charge is 2.25. The van der Waals surface area contributed by atoms with E-state index in [2.05, 4.69) is 46.3 Å². The second-order valence-corrected chi connectivity index (χ2v) is 14.1. The minimum Gasteiger partial charge on any atom is -0.506 e. The Bertz CT molecular complexity index is 2020. The number of nitrogens with zero attached hydrogens (tertiary/aromatic N) is 1. The third-order valence-corrected chi connectivity index (χ3v) is 10.2. The number of aryl methyl sites for hydroxylation is 1. The lowest BCUT2D eigenvalue weighted by molar-refractivity contribution is 0.103. The smallest absolute Gasteiger partial charge is 0.263 e. The van der Waals surface area contributed by atoms with Crippen molar-refractivity contribution in [2.45, 2.75) is 23.1 Å². The summed E-state index contributed by atoms with van der Waals surface area (Å²) in [6.07, 6.45) is 1.83. The number of benzene rings is 3. The number of aromatic hydroxyl groups is 1. The van der Waals surface area contributed by atoms with Crippen LogP contribution in [0.3, 0.4) is 0 Å². The lowest BCUT2D eigenvalue weighted by Gasteiger charge is -2.10. The predicted molar refractivity (Wildman–Crippen MR) is 165 cm³/mol. The molecule has 0 aliphatic heterocycles. The second kappa shape index (κ2) is 11.5. The van der Waals surface area contributed by atoms with Crippen LogP contribution in [0.4, 0.5) is 11.5 Å². The predicted octanol–water partition coefficient (Wildman–Crippen LogP) is 6.45. The number of rotatable bonds is 9. The number of pyridine rings is 1. The van der Waals surface area contributed by atoms with Gasteiger partial charge in [0, 0.05) is 35.3 Å². The molecule has 0 aliphatic carbocycles. The number of furan rings is 1. The summed E-state index contributed by atoms with van der Waals surface area (Å²) in [7, 11) is -8.05. The summed E-state index contributed by atoms with van der Waals surface area (Å²) in [6.45, 7) is 1.81. The average molecular weight is 735 g/mol. The van der Waals surface area contributed by atoms with Crippen LogP contribution in [0.2, 0.25) is 0 Å². The molecule has 0 fully saturated rings. The summed E-state index contributed by atoms with van der Waals surface area (Å²) >= 11 is 6.47. The van der Waals surface area contributed by atoms with E-state index in [0.29, 0.717) is 37.6 Å². The summed E-state index contributed by atoms with van der Waals surface area (Å²) in [5, 5.41) is 10.4. The fraction of sp³-hybridized carbons (Fsp3) is 0.0714. The van der Waals surface area contributed by atoms with E-state index in [1.165, 1.54) is 66.9 Å². The van der Waals surface area contributed by atoms with E-state index >= 15 is 0 Å². The van der Waals surface area contributed by atoms with Gasteiger partial charge in [0.05, 0.1) is 24.3 Å². The molecule has 216 valence electrons. The van der Waals surface area contributed by atoms with E-state index in [0.717, 1.165) is 0 Å². The van der Waals surface area contributed by atoms with Crippen molar-refractivity contribution in [3.05, 3.63) is 105 Å². The fourth-order valence-electron chi connectivity index (χ4n) is 4.17. The minimum atomic E-state index is -4.11. The molecular weight excluding hydrogens is 714 g/mol. The lowest BCUT2D eigenvalue weighted by Crippen LogP contribution is -2.15. The average Bonchev–Trinajstić information content (AvgIpc) is 3.33. The largest absolute Gasteiger partial charge is 0.506 e. The topological polar surface area (TPSA) is 156 Å². The minimum absolute atomic E-state index is 0.0425. The number of carbonyl (C=O) groups excluding carboxylic acids is 1. The van der Waals surface area contributed by atoms with Crippen LogP contribution in [0, 0.1) is 0 Å². The van der Waals surface area contributed by atoms with Crippen molar-refractivity contribution < 1.29 is 31.2 Å². The van der Waals surface area contributed by atoms with Gasteiger partial charge in [-0.2, -0.15) is 0 Å². The van der Waals surface area contributed by atoms with Gasteiger partial charge in [-0.05, 0) is 92.5 Å². The van der Waals surface area contributed by atoms with Crippen LogP contribution in [0.5, 0.6) is 5.75 Å². The Hall–Kier alpha value is -3.72. The molecule has 3 aromatic carbocycles. The Morgan fingerprint density at radius 3 is 2.14 bits per heavy atom. The summed E-state index contributed by atoms with van der Waals surface area (Å²) in [5.41, 5.74) is 0.935. The molecule has 5 rings (SSSR count). The van der Waals surface area contributed by atoms with Crippen molar-refractivity contribution in [2.24, 2.45) is 0 Å². The van der Waals surface area contributed by atoms with Gasteiger partial charge in [0.2, 0.25) is 0 Å². The third-order valence-electron chi connectivity index (χ3n) is 6.19. The van der Waals surface area contributed by atoms with E-state index in [4.69, 9.17) is 4.42 Å². The number of aromatic nitrogens is 1. The zero-order valence-electron chi connectivity index (χ0n) is 21.6. The number of phenols is 1. The van der Waals surface area contributed by atoms with Crippen LogP contribution in [-0.4, -0.2) is 32.7 Å². The molecule has 2 heterocycles. The van der Waals surface area contributed by atoms with Crippen molar-refractivity contribution in [1.29, 1.82) is 0 Å². The Kier molecular flexibility index (Phi) is 8.16. The molecule has 0 saturated carbocycles. The second-order valence-electron chi connectivity index (χ2n) is 8.98. The summed E-state index contributed by atoms with van der Waals surface area (Å²) in [6, 6.07) is 17.2. The van der Waals surface area contributed by atoms with Gasteiger partial charge in [-0.15, -0.1) is 0 Å². The molecule has 5 aromatic rings. The zero-order valence-corrected chi connectivity index (χ0v) is 26.4. The van der Waals surface area contributed by atoms with Crippen molar-refractivity contribution in [3.8, 4) is 5.75 Å². The summed E-state index contributed by atoms with van der Waals surface area (Å²) in [5.74, 6) is 0.136. The maximum atomic E-state index is 13.5. The highest BCUT2D eigenvalue weighted by atomic mass is 79.9. The van der Waals surface area contributed by atoms with E-state index in [-0.39, 0.29) is 38.4 Å². The summed E-state index contributed by atoms with van der Waals surface area (Å²) < 4.78 is 63.0. The van der Waals surface area contributed by atoms with E-state index in [9.17, 15) is 26.7 Å². The number of hydrogen-bond donors (Lipinski definition) is 3. The number of fused-ring (bicyclic) bond motifs is 1. The van der Waals surface area contributed by atoms with Crippen LogP contribution >= 0.6 is 31.9 Å². The highest BCUT2D eigenvalue weighted by Crippen LogP contribution is 2.36. The van der Waals surface area contributed by atoms with Gasteiger partial charge < -0.3 is 9.52 Å². The molecule has 0 unspecified atom stereocenters. The maximum Gasteiger partial charge on any atom is 0.263 e. The molecule has 0 saturated heterocycles. The van der Waals surface area contributed by atoms with E-state index < -0.39 is 20.0 Å². The Morgan fingerprint density at radius 2 is 1.52 bits per heavy atom. The summed E-state index contributed by atoms with van der Waals surface area (Å²) in [4.78, 5) is 17.2. The first-order chi connectivity index (χ1) is 19.9. The lowest BCUT2D eigenvalue weighted by atomic mass is 9.99. The molecular formula is C28H21Br2N3O7S2. The molecule has 0 amide bonds. The monoisotopic (exact) mass is 733 g/mol. The molecule has 42 heavy (non-hydrogen) atoms. The van der Waals surface area contributed by atoms with Gasteiger partial charge in [0.25, 0.3) is 20.0 Å². The molecule has 10 nitrogen and oxygen atoms in total.